The summed E-state index contributed by atoms with van der Waals surface area (Å²) >= 11 is 0. The van der Waals surface area contributed by atoms with Crippen LogP contribution in [0.3, 0.4) is 0 Å². The molecule has 0 spiro atoms. The van der Waals surface area contributed by atoms with E-state index in [4.69, 9.17) is 0 Å². The Morgan fingerprint density at radius 2 is 1.70 bits per heavy atom. The molecular weight excluding hydrogens is 349 g/mol. The molecule has 0 bridgehead atoms. The van der Waals surface area contributed by atoms with Crippen molar-refractivity contribution in [1.29, 1.82) is 0 Å². The van der Waals surface area contributed by atoms with Crippen LogP contribution < -0.4 is 21.3 Å². The van der Waals surface area contributed by atoms with Crippen LogP contribution in [0, 0.1) is 5.82 Å². The van der Waals surface area contributed by atoms with E-state index in [1.54, 1.807) is 30.6 Å². The van der Waals surface area contributed by atoms with Gasteiger partial charge in [0, 0.05) is 36.9 Å². The molecule has 2 heterocycles. The Hall–Kier alpha value is -3.75. The fourth-order valence-electron chi connectivity index (χ4n) is 2.18. The average molecular weight is 367 g/mol. The molecule has 0 atom stereocenters. The molecule has 9 heteroatoms. The maximum Gasteiger partial charge on any atom is 0.319 e. The van der Waals surface area contributed by atoms with Crippen LogP contribution >= 0.6 is 0 Å². The summed E-state index contributed by atoms with van der Waals surface area (Å²) in [6.07, 6.45) is 3.37. The molecule has 1 aromatic carbocycles. The molecule has 2 amide bonds. The number of pyridine rings is 1. The van der Waals surface area contributed by atoms with Crippen molar-refractivity contribution < 1.29 is 9.18 Å². The number of hydrogen-bond acceptors (Lipinski definition) is 6. The highest BCUT2D eigenvalue weighted by molar-refractivity contribution is 5.89. The van der Waals surface area contributed by atoms with Gasteiger partial charge < -0.3 is 21.3 Å². The quantitative estimate of drug-likeness (QED) is 0.479. The predicted octanol–water partition coefficient (Wildman–Crippen LogP) is 2.99. The number of benzene rings is 1. The highest BCUT2D eigenvalue weighted by Gasteiger charge is 2.02. The van der Waals surface area contributed by atoms with Gasteiger partial charge in [-0.25, -0.2) is 9.18 Å². The molecule has 3 rings (SSSR count). The number of hydrogen-bond donors (Lipinski definition) is 4. The van der Waals surface area contributed by atoms with E-state index >= 15 is 0 Å². The van der Waals surface area contributed by atoms with Crippen LogP contribution in [0.15, 0.2) is 60.9 Å². The molecule has 3 aromatic rings. The smallest absolute Gasteiger partial charge is 0.319 e. The lowest BCUT2D eigenvalue weighted by Crippen LogP contribution is -2.32. The summed E-state index contributed by atoms with van der Waals surface area (Å²) in [5.74, 6) is 0.789. The molecule has 0 radical (unpaired) electrons. The topological polar surface area (TPSA) is 104 Å². The zero-order chi connectivity index (χ0) is 18.9. The molecule has 0 aliphatic rings. The SMILES string of the molecule is O=C(NCCNc1ccc(Nc2ccncc2)nn1)Nc1cccc(F)c1. The molecule has 0 fully saturated rings. The molecule has 138 valence electrons. The van der Waals surface area contributed by atoms with Crippen LogP contribution in [0.1, 0.15) is 0 Å². The van der Waals surface area contributed by atoms with Crippen molar-refractivity contribution in [1.82, 2.24) is 20.5 Å². The number of halogens is 1. The van der Waals surface area contributed by atoms with E-state index in [-0.39, 0.29) is 0 Å². The molecule has 27 heavy (non-hydrogen) atoms. The van der Waals surface area contributed by atoms with Crippen molar-refractivity contribution in [3.63, 3.8) is 0 Å². The first kappa shape index (κ1) is 18.1. The van der Waals surface area contributed by atoms with Crippen molar-refractivity contribution >= 4 is 29.0 Å². The lowest BCUT2D eigenvalue weighted by molar-refractivity contribution is 0.252. The van der Waals surface area contributed by atoms with Crippen molar-refractivity contribution in [3.8, 4) is 0 Å². The number of carbonyl (C=O) groups excluding carboxylic acids is 1. The Morgan fingerprint density at radius 1 is 0.926 bits per heavy atom. The predicted molar refractivity (Wildman–Crippen MR) is 101 cm³/mol. The van der Waals surface area contributed by atoms with Gasteiger partial charge in [0.15, 0.2) is 5.82 Å². The lowest BCUT2D eigenvalue weighted by Gasteiger charge is -2.09. The molecular formula is C18H18FN7O. The minimum atomic E-state index is -0.412. The maximum absolute atomic E-state index is 13.1. The summed E-state index contributed by atoms with van der Waals surface area (Å²) in [5, 5.41) is 19.5. The zero-order valence-corrected chi connectivity index (χ0v) is 14.3. The van der Waals surface area contributed by atoms with E-state index in [0.717, 1.165) is 5.69 Å². The number of anilines is 4. The van der Waals surface area contributed by atoms with Crippen LogP contribution in [0.4, 0.5) is 32.2 Å². The maximum atomic E-state index is 13.1. The highest BCUT2D eigenvalue weighted by atomic mass is 19.1. The summed E-state index contributed by atoms with van der Waals surface area (Å²) in [6, 6.07) is 12.5. The Bertz CT molecular complexity index is 874. The second-order valence-electron chi connectivity index (χ2n) is 5.48. The molecule has 0 aliphatic heterocycles. The minimum absolute atomic E-state index is 0.361. The monoisotopic (exact) mass is 367 g/mol. The van der Waals surface area contributed by atoms with Crippen molar-refractivity contribution in [3.05, 3.63) is 66.7 Å². The molecule has 0 saturated carbocycles. The van der Waals surface area contributed by atoms with E-state index in [2.05, 4.69) is 36.4 Å². The van der Waals surface area contributed by atoms with Gasteiger partial charge in [-0.3, -0.25) is 4.98 Å². The van der Waals surface area contributed by atoms with Gasteiger partial charge in [0.1, 0.15) is 11.6 Å². The fourth-order valence-corrected chi connectivity index (χ4v) is 2.18. The first-order valence-corrected chi connectivity index (χ1v) is 8.24. The fraction of sp³-hybridized carbons (Fsp3) is 0.111. The minimum Gasteiger partial charge on any atom is -0.367 e. The van der Waals surface area contributed by atoms with E-state index < -0.39 is 11.8 Å². The van der Waals surface area contributed by atoms with E-state index in [1.165, 1.54) is 18.2 Å². The Labute approximate surface area is 155 Å². The Balaban J connectivity index is 1.38. The van der Waals surface area contributed by atoms with Crippen molar-refractivity contribution in [2.75, 3.05) is 29.0 Å². The average Bonchev–Trinajstić information content (AvgIpc) is 2.67. The van der Waals surface area contributed by atoms with E-state index in [1.807, 2.05) is 12.1 Å². The number of nitrogens with one attached hydrogen (secondary N) is 4. The van der Waals surface area contributed by atoms with Gasteiger partial charge >= 0.3 is 6.03 Å². The summed E-state index contributed by atoms with van der Waals surface area (Å²) in [5.41, 5.74) is 1.26. The Kier molecular flexibility index (Phi) is 6.08. The van der Waals surface area contributed by atoms with Gasteiger partial charge in [0.2, 0.25) is 0 Å². The van der Waals surface area contributed by atoms with Crippen LogP contribution in [-0.4, -0.2) is 34.3 Å². The van der Waals surface area contributed by atoms with Crippen LogP contribution in [0.25, 0.3) is 0 Å². The third kappa shape index (κ3) is 5.92. The number of urea groups is 1. The molecule has 4 N–H and O–H groups in total. The number of aromatic nitrogens is 3. The van der Waals surface area contributed by atoms with E-state index in [9.17, 15) is 9.18 Å². The molecule has 8 nitrogen and oxygen atoms in total. The van der Waals surface area contributed by atoms with Crippen molar-refractivity contribution in [2.45, 2.75) is 0 Å². The normalized spacial score (nSPS) is 10.1. The standard InChI is InChI=1S/C18H18FN7O/c19-13-2-1-3-15(12-13)24-18(27)22-11-10-21-16-4-5-17(26-25-16)23-14-6-8-20-9-7-14/h1-9,12H,10-11H2,(H,21,25)(H,20,23,26)(H2,22,24,27). The summed E-state index contributed by atoms with van der Waals surface area (Å²) in [4.78, 5) is 15.7. The van der Waals surface area contributed by atoms with E-state index in [0.29, 0.717) is 30.4 Å². The Morgan fingerprint density at radius 3 is 2.44 bits per heavy atom. The second kappa shape index (κ2) is 9.09. The van der Waals surface area contributed by atoms with Gasteiger partial charge in [-0.05, 0) is 42.5 Å². The third-order valence-corrected chi connectivity index (χ3v) is 3.42. The van der Waals surface area contributed by atoms with Gasteiger partial charge in [-0.15, -0.1) is 10.2 Å². The third-order valence-electron chi connectivity index (χ3n) is 3.42. The molecule has 0 aliphatic carbocycles. The summed E-state index contributed by atoms with van der Waals surface area (Å²) < 4.78 is 13.1. The molecule has 0 unspecified atom stereocenters. The van der Waals surface area contributed by atoms with Crippen LogP contribution in [0.2, 0.25) is 0 Å². The van der Waals surface area contributed by atoms with Crippen molar-refractivity contribution in [2.24, 2.45) is 0 Å². The summed E-state index contributed by atoms with van der Waals surface area (Å²) in [7, 11) is 0. The van der Waals surface area contributed by atoms with Gasteiger partial charge in [0.05, 0.1) is 0 Å². The zero-order valence-electron chi connectivity index (χ0n) is 14.3. The molecule has 2 aromatic heterocycles. The largest absolute Gasteiger partial charge is 0.367 e. The molecule has 0 saturated heterocycles. The number of amides is 2. The lowest BCUT2D eigenvalue weighted by atomic mass is 10.3. The number of nitrogens with zero attached hydrogens (tertiary/aromatic N) is 3. The van der Waals surface area contributed by atoms with Crippen LogP contribution in [-0.2, 0) is 0 Å². The highest BCUT2D eigenvalue weighted by Crippen LogP contribution is 2.13. The van der Waals surface area contributed by atoms with Gasteiger partial charge in [-0.1, -0.05) is 6.07 Å². The number of carbonyl (C=O) groups is 1. The van der Waals surface area contributed by atoms with Crippen LogP contribution in [0.5, 0.6) is 0 Å². The second-order valence-corrected chi connectivity index (χ2v) is 5.48. The first-order chi connectivity index (χ1) is 13.2. The first-order valence-electron chi connectivity index (χ1n) is 8.24. The summed E-state index contributed by atoms with van der Waals surface area (Å²) in [6.45, 7) is 0.822. The van der Waals surface area contributed by atoms with Gasteiger partial charge in [0.25, 0.3) is 0 Å². The number of rotatable bonds is 7. The van der Waals surface area contributed by atoms with Gasteiger partial charge in [-0.2, -0.15) is 0 Å².